The van der Waals surface area contributed by atoms with Gasteiger partial charge in [0.15, 0.2) is 0 Å². The van der Waals surface area contributed by atoms with Crippen molar-refractivity contribution in [3.05, 3.63) is 64.1 Å². The van der Waals surface area contributed by atoms with Gasteiger partial charge in [-0.15, -0.1) is 0 Å². The van der Waals surface area contributed by atoms with Gasteiger partial charge in [0.2, 0.25) is 0 Å². The highest BCUT2D eigenvalue weighted by Gasteiger charge is 2.10. The zero-order valence-electron chi connectivity index (χ0n) is 11.1. The largest absolute Gasteiger partial charge is 0.478 e. The van der Waals surface area contributed by atoms with Crippen LogP contribution in [0.4, 0.5) is 5.69 Å². The molecular weight excluding hydrogens is 318 g/mol. The maximum Gasteiger partial charge on any atom is 0.335 e. The molecule has 20 heavy (non-hydrogen) atoms. The zero-order valence-corrected chi connectivity index (χ0v) is 12.7. The number of carboxylic acids is 1. The van der Waals surface area contributed by atoms with Gasteiger partial charge in [-0.05, 0) is 42.3 Å². The van der Waals surface area contributed by atoms with Crippen molar-refractivity contribution in [3.8, 4) is 0 Å². The minimum Gasteiger partial charge on any atom is -0.478 e. The molecule has 2 aromatic carbocycles. The third-order valence-electron chi connectivity index (χ3n) is 3.13. The van der Waals surface area contributed by atoms with Gasteiger partial charge < -0.3 is 10.4 Å². The third-order valence-corrected chi connectivity index (χ3v) is 3.66. The van der Waals surface area contributed by atoms with Crippen molar-refractivity contribution in [3.63, 3.8) is 0 Å². The molecule has 2 N–H and O–H groups in total. The highest BCUT2D eigenvalue weighted by atomic mass is 79.9. The van der Waals surface area contributed by atoms with Crippen molar-refractivity contribution in [1.29, 1.82) is 0 Å². The molecule has 0 saturated heterocycles. The van der Waals surface area contributed by atoms with Crippen LogP contribution < -0.4 is 5.32 Å². The monoisotopic (exact) mass is 333 g/mol. The zero-order chi connectivity index (χ0) is 14.5. The van der Waals surface area contributed by atoms with E-state index in [9.17, 15) is 4.79 Å². The number of carboxylic acid groups (broad SMARTS) is 1. The third kappa shape index (κ3) is 3.61. The molecule has 0 aromatic heterocycles. The van der Waals surface area contributed by atoms with Gasteiger partial charge in [-0.3, -0.25) is 0 Å². The Morgan fingerprint density at radius 3 is 2.55 bits per heavy atom. The number of hydrogen-bond acceptors (Lipinski definition) is 2. The van der Waals surface area contributed by atoms with Gasteiger partial charge >= 0.3 is 5.97 Å². The molecule has 0 aliphatic rings. The van der Waals surface area contributed by atoms with Crippen LogP contribution in [0.2, 0.25) is 0 Å². The Morgan fingerprint density at radius 2 is 1.95 bits per heavy atom. The summed E-state index contributed by atoms with van der Waals surface area (Å²) in [5, 5.41) is 12.4. The van der Waals surface area contributed by atoms with E-state index in [-0.39, 0.29) is 6.04 Å². The van der Waals surface area contributed by atoms with E-state index in [0.29, 0.717) is 5.56 Å². The van der Waals surface area contributed by atoms with Crippen LogP contribution in [0, 0.1) is 0 Å². The number of anilines is 1. The highest BCUT2D eigenvalue weighted by Crippen LogP contribution is 2.24. The number of hydrogen-bond donors (Lipinski definition) is 2. The Balaban J connectivity index is 2.19. The molecule has 2 rings (SSSR count). The number of nitrogens with one attached hydrogen (secondary N) is 1. The van der Waals surface area contributed by atoms with Gasteiger partial charge in [-0.2, -0.15) is 0 Å². The van der Waals surface area contributed by atoms with Crippen LogP contribution in [0.25, 0.3) is 0 Å². The average Bonchev–Trinajstić information content (AvgIpc) is 2.46. The van der Waals surface area contributed by atoms with Crippen molar-refractivity contribution in [1.82, 2.24) is 0 Å². The summed E-state index contributed by atoms with van der Waals surface area (Å²) < 4.78 is 1.05. The molecule has 0 bridgehead atoms. The van der Waals surface area contributed by atoms with Gasteiger partial charge in [0, 0.05) is 10.2 Å². The maximum atomic E-state index is 11.0. The van der Waals surface area contributed by atoms with E-state index >= 15 is 0 Å². The van der Waals surface area contributed by atoms with Crippen LogP contribution in [0.1, 0.15) is 35.3 Å². The molecule has 2 aromatic rings. The Morgan fingerprint density at radius 1 is 1.25 bits per heavy atom. The van der Waals surface area contributed by atoms with Crippen molar-refractivity contribution in [2.24, 2.45) is 0 Å². The fourth-order valence-corrected chi connectivity index (χ4v) is 2.32. The Hall–Kier alpha value is -1.81. The molecule has 0 amide bonds. The lowest BCUT2D eigenvalue weighted by molar-refractivity contribution is 0.0697. The highest BCUT2D eigenvalue weighted by molar-refractivity contribution is 9.10. The first-order valence-corrected chi connectivity index (χ1v) is 7.25. The number of rotatable bonds is 5. The standard InChI is InChI=1S/C16H16BrNO2/c1-2-15(11-6-8-13(17)9-7-11)18-14-5-3-4-12(10-14)16(19)20/h3-10,15,18H,2H2,1H3,(H,19,20). The van der Waals surface area contributed by atoms with Gasteiger partial charge in [0.25, 0.3) is 0 Å². The Kier molecular flexibility index (Phi) is 4.79. The Labute approximate surface area is 126 Å². The van der Waals surface area contributed by atoms with Gasteiger partial charge in [0.1, 0.15) is 0 Å². The van der Waals surface area contributed by atoms with E-state index in [1.54, 1.807) is 18.2 Å². The summed E-state index contributed by atoms with van der Waals surface area (Å²) in [6.07, 6.45) is 0.916. The first-order valence-electron chi connectivity index (χ1n) is 6.45. The summed E-state index contributed by atoms with van der Waals surface area (Å²) in [5.74, 6) is -0.912. The van der Waals surface area contributed by atoms with Crippen molar-refractivity contribution < 1.29 is 9.90 Å². The van der Waals surface area contributed by atoms with Gasteiger partial charge in [-0.25, -0.2) is 4.79 Å². The molecule has 1 atom stereocenters. The summed E-state index contributed by atoms with van der Waals surface area (Å²) in [4.78, 5) is 11.0. The molecule has 4 heteroatoms. The van der Waals surface area contributed by atoms with Crippen LogP contribution in [0.3, 0.4) is 0 Å². The molecule has 104 valence electrons. The Bertz CT molecular complexity index is 596. The molecule has 0 radical (unpaired) electrons. The number of halogens is 1. The topological polar surface area (TPSA) is 49.3 Å². The molecule has 0 aliphatic heterocycles. The molecule has 0 spiro atoms. The summed E-state index contributed by atoms with van der Waals surface area (Å²) in [6, 6.07) is 15.2. The van der Waals surface area contributed by atoms with Crippen LogP contribution in [-0.2, 0) is 0 Å². The van der Waals surface area contributed by atoms with Crippen LogP contribution in [-0.4, -0.2) is 11.1 Å². The lowest BCUT2D eigenvalue weighted by atomic mass is 10.0. The second-order valence-corrected chi connectivity index (χ2v) is 5.46. The van der Waals surface area contributed by atoms with E-state index in [4.69, 9.17) is 5.11 Å². The molecule has 1 unspecified atom stereocenters. The normalized spacial score (nSPS) is 11.9. The summed E-state index contributed by atoms with van der Waals surface area (Å²) in [7, 11) is 0. The van der Waals surface area contributed by atoms with Crippen LogP contribution in [0.15, 0.2) is 53.0 Å². The van der Waals surface area contributed by atoms with Gasteiger partial charge in [0.05, 0.1) is 11.6 Å². The number of benzene rings is 2. The molecule has 3 nitrogen and oxygen atoms in total. The summed E-state index contributed by atoms with van der Waals surface area (Å²) in [6.45, 7) is 2.10. The number of carbonyl (C=O) groups is 1. The predicted octanol–water partition coefficient (Wildman–Crippen LogP) is 4.71. The van der Waals surface area contributed by atoms with Gasteiger partial charge in [-0.1, -0.05) is 41.1 Å². The van der Waals surface area contributed by atoms with Crippen molar-refractivity contribution in [2.45, 2.75) is 19.4 Å². The van der Waals surface area contributed by atoms with Crippen LogP contribution in [0.5, 0.6) is 0 Å². The lowest BCUT2D eigenvalue weighted by Crippen LogP contribution is -2.10. The molecule has 0 saturated carbocycles. The SMILES string of the molecule is CCC(Nc1cccc(C(=O)O)c1)c1ccc(Br)cc1. The predicted molar refractivity (Wildman–Crippen MR) is 84.2 cm³/mol. The minimum absolute atomic E-state index is 0.159. The van der Waals surface area contributed by atoms with E-state index < -0.39 is 5.97 Å². The first-order chi connectivity index (χ1) is 9.60. The van der Waals surface area contributed by atoms with E-state index in [0.717, 1.165) is 16.6 Å². The van der Waals surface area contributed by atoms with E-state index in [1.165, 1.54) is 5.56 Å². The van der Waals surface area contributed by atoms with E-state index in [1.807, 2.05) is 18.2 Å². The smallest absolute Gasteiger partial charge is 0.335 e. The number of aromatic carboxylic acids is 1. The van der Waals surface area contributed by atoms with Crippen molar-refractivity contribution >= 4 is 27.6 Å². The summed E-state index contributed by atoms with van der Waals surface area (Å²) in [5.41, 5.74) is 2.29. The fraction of sp³-hybridized carbons (Fsp3) is 0.188. The molecule has 0 fully saturated rings. The lowest BCUT2D eigenvalue weighted by Gasteiger charge is -2.19. The fourth-order valence-electron chi connectivity index (χ4n) is 2.06. The maximum absolute atomic E-state index is 11.0. The first kappa shape index (κ1) is 14.6. The van der Waals surface area contributed by atoms with Crippen LogP contribution >= 0.6 is 15.9 Å². The minimum atomic E-state index is -0.912. The summed E-state index contributed by atoms with van der Waals surface area (Å²) >= 11 is 3.42. The average molecular weight is 334 g/mol. The second kappa shape index (κ2) is 6.57. The second-order valence-electron chi connectivity index (χ2n) is 4.54. The molecule has 0 aliphatic carbocycles. The van der Waals surface area contributed by atoms with E-state index in [2.05, 4.69) is 40.3 Å². The quantitative estimate of drug-likeness (QED) is 0.832. The molecule has 0 heterocycles. The molecular formula is C16H16BrNO2. The van der Waals surface area contributed by atoms with Crippen molar-refractivity contribution in [2.75, 3.05) is 5.32 Å².